The normalized spacial score (nSPS) is 37.0. The van der Waals surface area contributed by atoms with E-state index in [0.717, 1.165) is 0 Å². The predicted octanol–water partition coefficient (Wildman–Crippen LogP) is -1.82. The van der Waals surface area contributed by atoms with Crippen LogP contribution in [0.3, 0.4) is 0 Å². The van der Waals surface area contributed by atoms with Gasteiger partial charge in [0.25, 0.3) is 0 Å². The highest BCUT2D eigenvalue weighted by Crippen LogP contribution is 2.26. The number of aliphatic hydroxyl groups is 3. The minimum absolute atomic E-state index is 0.0450. The summed E-state index contributed by atoms with van der Waals surface area (Å²) in [6.45, 7) is 1.36. The van der Waals surface area contributed by atoms with Gasteiger partial charge in [-0.1, -0.05) is 6.92 Å². The van der Waals surface area contributed by atoms with E-state index in [1.807, 2.05) is 0 Å². The molecule has 1 aliphatic rings. The molecule has 8 nitrogen and oxygen atoms in total. The van der Waals surface area contributed by atoms with Gasteiger partial charge in [-0.2, -0.15) is 0 Å². The number of carboxylic acids is 1. The summed E-state index contributed by atoms with van der Waals surface area (Å²) in [5, 5.41) is 37.8. The Morgan fingerprint density at radius 1 is 1.32 bits per heavy atom. The highest BCUT2D eigenvalue weighted by molar-refractivity contribution is 5.73. The third-order valence-corrected chi connectivity index (χ3v) is 3.00. The van der Waals surface area contributed by atoms with E-state index < -0.39 is 42.6 Å². The maximum atomic E-state index is 10.9. The molecule has 8 heteroatoms. The van der Waals surface area contributed by atoms with Gasteiger partial charge in [-0.25, -0.2) is 4.79 Å². The number of ether oxygens (including phenoxy) is 3. The quantitative estimate of drug-likeness (QED) is 0.448. The Morgan fingerprint density at radius 3 is 2.47 bits per heavy atom. The molecule has 1 aliphatic heterocycles. The van der Waals surface area contributed by atoms with Crippen molar-refractivity contribution in [2.75, 3.05) is 20.3 Å². The van der Waals surface area contributed by atoms with E-state index in [2.05, 4.69) is 0 Å². The van der Waals surface area contributed by atoms with Gasteiger partial charge in [0.05, 0.1) is 19.3 Å². The third-order valence-electron chi connectivity index (χ3n) is 3.00. The zero-order chi connectivity index (χ0) is 14.6. The molecule has 0 aromatic heterocycles. The maximum Gasteiger partial charge on any atom is 0.335 e. The first-order valence-corrected chi connectivity index (χ1v) is 5.91. The Kier molecular flexibility index (Phi) is 6.11. The van der Waals surface area contributed by atoms with Gasteiger partial charge >= 0.3 is 5.97 Å². The molecule has 3 unspecified atom stereocenters. The van der Waals surface area contributed by atoms with Crippen LogP contribution >= 0.6 is 0 Å². The summed E-state index contributed by atoms with van der Waals surface area (Å²) in [7, 11) is 1.41. The number of carboxylic acid groups (broad SMARTS) is 1. The molecule has 0 aliphatic carbocycles. The van der Waals surface area contributed by atoms with Crippen molar-refractivity contribution >= 4 is 5.97 Å². The molecule has 1 rings (SSSR count). The van der Waals surface area contributed by atoms with Crippen LogP contribution in [0.5, 0.6) is 0 Å². The van der Waals surface area contributed by atoms with E-state index in [1.165, 1.54) is 14.0 Å². The fourth-order valence-corrected chi connectivity index (χ4v) is 1.82. The molecule has 0 aromatic carbocycles. The Hall–Kier alpha value is -0.770. The molecule has 112 valence electrons. The second-order valence-electron chi connectivity index (χ2n) is 4.55. The summed E-state index contributed by atoms with van der Waals surface area (Å²) in [6.07, 6.45) is -6.10. The molecule has 19 heavy (non-hydrogen) atoms. The van der Waals surface area contributed by atoms with Crippen LogP contribution in [0.4, 0.5) is 0 Å². The smallest absolute Gasteiger partial charge is 0.335 e. The number of hydrogen-bond donors (Lipinski definition) is 4. The lowest BCUT2D eigenvalue weighted by atomic mass is 9.91. The van der Waals surface area contributed by atoms with Crippen molar-refractivity contribution in [3.8, 4) is 0 Å². The number of methoxy groups -OCH3 is 1. The van der Waals surface area contributed by atoms with E-state index in [9.17, 15) is 20.1 Å². The van der Waals surface area contributed by atoms with Gasteiger partial charge in [-0.15, -0.1) is 0 Å². The van der Waals surface area contributed by atoms with Gasteiger partial charge in [0.15, 0.2) is 12.4 Å². The second kappa shape index (κ2) is 7.13. The first kappa shape index (κ1) is 16.3. The Balaban J connectivity index is 2.59. The van der Waals surface area contributed by atoms with Crippen LogP contribution in [0.15, 0.2) is 0 Å². The van der Waals surface area contributed by atoms with E-state index in [4.69, 9.17) is 19.3 Å². The van der Waals surface area contributed by atoms with Crippen molar-refractivity contribution in [2.24, 2.45) is 5.92 Å². The highest BCUT2D eigenvalue weighted by Gasteiger charge is 2.46. The minimum atomic E-state index is -1.47. The zero-order valence-electron chi connectivity index (χ0n) is 10.8. The second-order valence-corrected chi connectivity index (χ2v) is 4.55. The van der Waals surface area contributed by atoms with Crippen LogP contribution in [-0.2, 0) is 19.0 Å². The minimum Gasteiger partial charge on any atom is -0.479 e. The molecule has 1 heterocycles. The molecule has 0 bridgehead atoms. The van der Waals surface area contributed by atoms with E-state index >= 15 is 0 Å². The summed E-state index contributed by atoms with van der Waals surface area (Å²) < 4.78 is 14.8. The summed E-state index contributed by atoms with van der Waals surface area (Å²) in [5.74, 6) is -2.06. The van der Waals surface area contributed by atoms with Crippen molar-refractivity contribution in [2.45, 2.75) is 37.6 Å². The molecule has 1 saturated heterocycles. The average Bonchev–Trinajstić information content (AvgIpc) is 2.35. The van der Waals surface area contributed by atoms with Gasteiger partial charge in [0.1, 0.15) is 12.2 Å². The van der Waals surface area contributed by atoms with E-state index in [1.54, 1.807) is 0 Å². The Labute approximate surface area is 110 Å². The lowest BCUT2D eigenvalue weighted by molar-refractivity contribution is -0.285. The molecule has 0 aromatic rings. The monoisotopic (exact) mass is 280 g/mol. The molecule has 1 fully saturated rings. The Bertz CT molecular complexity index is 296. The fourth-order valence-electron chi connectivity index (χ4n) is 1.82. The standard InChI is InChI=1S/C11H20O8/c1-5-7(13)9(10(15)16)19-11(8(5)14)18-4-6(12)3-17-2/h5-9,11-14H,3-4H2,1-2H3,(H,15,16)/t5-,6?,7-,8+,9?,11?/m0/s1. The lowest BCUT2D eigenvalue weighted by Gasteiger charge is -2.39. The predicted molar refractivity (Wildman–Crippen MR) is 61.3 cm³/mol. The maximum absolute atomic E-state index is 10.9. The SMILES string of the molecule is COCC(O)COC1OC(C(=O)O)[C@@H](O)[C@H](C)[C@H]1O. The topological polar surface area (TPSA) is 126 Å². The lowest BCUT2D eigenvalue weighted by Crippen LogP contribution is -2.56. The number of carbonyl (C=O) groups is 1. The van der Waals surface area contributed by atoms with Crippen molar-refractivity contribution in [1.29, 1.82) is 0 Å². The fraction of sp³-hybridized carbons (Fsp3) is 0.909. The molecular formula is C11H20O8. The van der Waals surface area contributed by atoms with Crippen LogP contribution < -0.4 is 0 Å². The number of aliphatic carboxylic acids is 1. The molecule has 0 spiro atoms. The third kappa shape index (κ3) is 4.10. The van der Waals surface area contributed by atoms with Crippen molar-refractivity contribution < 1.29 is 39.4 Å². The van der Waals surface area contributed by atoms with Gasteiger partial charge < -0.3 is 34.6 Å². The van der Waals surface area contributed by atoms with Crippen molar-refractivity contribution in [1.82, 2.24) is 0 Å². The largest absolute Gasteiger partial charge is 0.479 e. The average molecular weight is 280 g/mol. The van der Waals surface area contributed by atoms with E-state index in [-0.39, 0.29) is 13.2 Å². The van der Waals surface area contributed by atoms with Crippen LogP contribution in [0.1, 0.15) is 6.92 Å². The summed E-state index contributed by atoms with van der Waals surface area (Å²) in [4.78, 5) is 10.9. The zero-order valence-corrected chi connectivity index (χ0v) is 10.8. The molecule has 6 atom stereocenters. The summed E-state index contributed by atoms with van der Waals surface area (Å²) in [5.41, 5.74) is 0. The van der Waals surface area contributed by atoms with Gasteiger partial charge in [-0.05, 0) is 0 Å². The van der Waals surface area contributed by atoms with E-state index in [0.29, 0.717) is 0 Å². The molecule has 4 N–H and O–H groups in total. The van der Waals surface area contributed by atoms with Crippen LogP contribution in [0, 0.1) is 5.92 Å². The highest BCUT2D eigenvalue weighted by atomic mass is 16.7. The molecule has 0 radical (unpaired) electrons. The first-order valence-electron chi connectivity index (χ1n) is 5.91. The molecule has 0 saturated carbocycles. The number of rotatable bonds is 6. The van der Waals surface area contributed by atoms with Gasteiger partial charge in [0.2, 0.25) is 0 Å². The van der Waals surface area contributed by atoms with Crippen LogP contribution in [0.2, 0.25) is 0 Å². The van der Waals surface area contributed by atoms with Gasteiger partial charge in [-0.3, -0.25) is 0 Å². The first-order chi connectivity index (χ1) is 8.88. The summed E-state index contributed by atoms with van der Waals surface area (Å²) >= 11 is 0. The van der Waals surface area contributed by atoms with Crippen molar-refractivity contribution in [3.05, 3.63) is 0 Å². The Morgan fingerprint density at radius 2 is 1.95 bits per heavy atom. The molecular weight excluding hydrogens is 260 g/mol. The van der Waals surface area contributed by atoms with Crippen LogP contribution in [-0.4, -0.2) is 77.4 Å². The van der Waals surface area contributed by atoms with Crippen molar-refractivity contribution in [3.63, 3.8) is 0 Å². The number of hydrogen-bond acceptors (Lipinski definition) is 7. The molecule has 0 amide bonds. The van der Waals surface area contributed by atoms with Crippen LogP contribution in [0.25, 0.3) is 0 Å². The summed E-state index contributed by atoms with van der Waals surface area (Å²) in [6, 6.07) is 0. The number of aliphatic hydroxyl groups excluding tert-OH is 3. The van der Waals surface area contributed by atoms with Gasteiger partial charge in [0, 0.05) is 13.0 Å².